The summed E-state index contributed by atoms with van der Waals surface area (Å²) in [5, 5.41) is 13.9. The third kappa shape index (κ3) is 3.69. The number of aromatic nitrogens is 4. The van der Waals surface area contributed by atoms with E-state index in [4.69, 9.17) is 0 Å². The van der Waals surface area contributed by atoms with Gasteiger partial charge in [0.2, 0.25) is 5.91 Å². The Bertz CT molecular complexity index is 692. The molecule has 124 valence electrons. The fourth-order valence-corrected chi connectivity index (χ4v) is 2.59. The number of nitrogens with zero attached hydrogens (tertiary/aromatic N) is 5. The molecule has 0 unspecified atom stereocenters. The maximum absolute atomic E-state index is 12.1. The molecule has 0 bridgehead atoms. The molecule has 0 aliphatic carbocycles. The fraction of sp³-hybridized carbons (Fsp3) is 0.538. The SMILES string of the molecule is O=C(NCC(F)(F)F)C1CCN(c2ccc3nncn3n2)CC1. The molecule has 0 saturated carbocycles. The van der Waals surface area contributed by atoms with E-state index in [9.17, 15) is 18.0 Å². The highest BCUT2D eigenvalue weighted by Gasteiger charge is 2.31. The molecular formula is C13H15F3N6O. The van der Waals surface area contributed by atoms with Gasteiger partial charge in [0.25, 0.3) is 0 Å². The van der Waals surface area contributed by atoms with Crippen molar-refractivity contribution < 1.29 is 18.0 Å². The van der Waals surface area contributed by atoms with Gasteiger partial charge in [0.1, 0.15) is 18.7 Å². The molecular weight excluding hydrogens is 313 g/mol. The molecule has 1 aliphatic heterocycles. The summed E-state index contributed by atoms with van der Waals surface area (Å²) in [7, 11) is 0. The first kappa shape index (κ1) is 15.5. The molecule has 1 fully saturated rings. The first-order valence-corrected chi connectivity index (χ1v) is 7.19. The van der Waals surface area contributed by atoms with Gasteiger partial charge in [-0.2, -0.15) is 17.7 Å². The lowest BCUT2D eigenvalue weighted by atomic mass is 9.96. The summed E-state index contributed by atoms with van der Waals surface area (Å²) >= 11 is 0. The van der Waals surface area contributed by atoms with Crippen LogP contribution in [0.1, 0.15) is 12.8 Å². The van der Waals surface area contributed by atoms with Crippen LogP contribution in [0.2, 0.25) is 0 Å². The molecule has 10 heteroatoms. The van der Waals surface area contributed by atoms with E-state index >= 15 is 0 Å². The molecule has 0 spiro atoms. The van der Waals surface area contributed by atoms with E-state index < -0.39 is 24.5 Å². The van der Waals surface area contributed by atoms with Gasteiger partial charge in [-0.3, -0.25) is 4.79 Å². The van der Waals surface area contributed by atoms with Gasteiger partial charge in [0.05, 0.1) is 0 Å². The number of anilines is 1. The zero-order valence-electron chi connectivity index (χ0n) is 12.1. The molecule has 1 amide bonds. The van der Waals surface area contributed by atoms with Gasteiger partial charge in [0, 0.05) is 19.0 Å². The van der Waals surface area contributed by atoms with E-state index in [-0.39, 0.29) is 0 Å². The van der Waals surface area contributed by atoms with Crippen LogP contribution >= 0.6 is 0 Å². The van der Waals surface area contributed by atoms with Crippen LogP contribution in [0.15, 0.2) is 18.5 Å². The highest BCUT2D eigenvalue weighted by atomic mass is 19.4. The molecule has 0 radical (unpaired) electrons. The van der Waals surface area contributed by atoms with Gasteiger partial charge in [0.15, 0.2) is 5.65 Å². The van der Waals surface area contributed by atoms with Crippen molar-refractivity contribution in [2.24, 2.45) is 5.92 Å². The van der Waals surface area contributed by atoms with E-state index in [1.54, 1.807) is 10.6 Å². The minimum atomic E-state index is -4.38. The number of amides is 1. The number of halogens is 3. The lowest BCUT2D eigenvalue weighted by molar-refractivity contribution is -0.141. The Morgan fingerprint density at radius 2 is 2.04 bits per heavy atom. The monoisotopic (exact) mass is 328 g/mol. The lowest BCUT2D eigenvalue weighted by Gasteiger charge is -2.32. The molecule has 0 aromatic carbocycles. The normalized spacial score (nSPS) is 16.7. The number of carbonyl (C=O) groups is 1. The van der Waals surface area contributed by atoms with Gasteiger partial charge in [-0.05, 0) is 25.0 Å². The highest BCUT2D eigenvalue weighted by molar-refractivity contribution is 5.79. The van der Waals surface area contributed by atoms with E-state index in [0.29, 0.717) is 31.6 Å². The number of alkyl halides is 3. The number of nitrogens with one attached hydrogen (secondary N) is 1. The van der Waals surface area contributed by atoms with Crippen molar-refractivity contribution in [2.45, 2.75) is 19.0 Å². The van der Waals surface area contributed by atoms with E-state index in [1.807, 2.05) is 16.3 Å². The molecule has 0 atom stereocenters. The number of rotatable bonds is 3. The number of hydrogen-bond donors (Lipinski definition) is 1. The molecule has 23 heavy (non-hydrogen) atoms. The summed E-state index contributed by atoms with van der Waals surface area (Å²) in [4.78, 5) is 13.8. The third-order valence-corrected chi connectivity index (χ3v) is 3.80. The Kier molecular flexibility index (Phi) is 4.05. The van der Waals surface area contributed by atoms with Crippen molar-refractivity contribution in [3.8, 4) is 0 Å². The molecule has 3 rings (SSSR count). The molecule has 3 heterocycles. The van der Waals surface area contributed by atoms with Gasteiger partial charge >= 0.3 is 6.18 Å². The van der Waals surface area contributed by atoms with Gasteiger partial charge in [-0.15, -0.1) is 15.3 Å². The molecule has 7 nitrogen and oxygen atoms in total. The molecule has 1 aliphatic rings. The summed E-state index contributed by atoms with van der Waals surface area (Å²) in [6.45, 7) is -0.159. The Labute approximate surface area is 129 Å². The summed E-state index contributed by atoms with van der Waals surface area (Å²) in [6, 6.07) is 3.60. The Hall–Kier alpha value is -2.39. The van der Waals surface area contributed by atoms with E-state index in [1.165, 1.54) is 6.33 Å². The molecule has 2 aromatic heterocycles. The number of fused-ring (bicyclic) bond motifs is 1. The van der Waals surface area contributed by atoms with E-state index in [0.717, 1.165) is 5.82 Å². The lowest BCUT2D eigenvalue weighted by Crippen LogP contribution is -2.43. The van der Waals surface area contributed by atoms with Crippen molar-refractivity contribution in [1.29, 1.82) is 0 Å². The minimum absolute atomic E-state index is 0.396. The second kappa shape index (κ2) is 6.01. The summed E-state index contributed by atoms with van der Waals surface area (Å²) in [5.74, 6) is -0.206. The molecule has 1 saturated heterocycles. The van der Waals surface area contributed by atoms with Crippen LogP contribution < -0.4 is 10.2 Å². The predicted octanol–water partition coefficient (Wildman–Crippen LogP) is 1.02. The van der Waals surface area contributed by atoms with Crippen LogP contribution in [0.3, 0.4) is 0 Å². The van der Waals surface area contributed by atoms with Crippen LogP contribution in [0, 0.1) is 5.92 Å². The van der Waals surface area contributed by atoms with Crippen molar-refractivity contribution in [3.05, 3.63) is 18.5 Å². The third-order valence-electron chi connectivity index (χ3n) is 3.80. The maximum atomic E-state index is 12.1. The molecule has 1 N–H and O–H groups in total. The number of piperidine rings is 1. The van der Waals surface area contributed by atoms with Crippen LogP contribution in [0.5, 0.6) is 0 Å². The summed E-state index contributed by atoms with van der Waals surface area (Å²) in [5.41, 5.74) is 0.634. The second-order valence-electron chi connectivity index (χ2n) is 5.42. The Morgan fingerprint density at radius 1 is 1.30 bits per heavy atom. The van der Waals surface area contributed by atoms with Crippen LogP contribution in [0.4, 0.5) is 19.0 Å². The number of hydrogen-bond acceptors (Lipinski definition) is 5. The maximum Gasteiger partial charge on any atom is 0.405 e. The average molecular weight is 328 g/mol. The van der Waals surface area contributed by atoms with Crippen LogP contribution in [-0.2, 0) is 4.79 Å². The number of carbonyl (C=O) groups excluding carboxylic acids is 1. The first-order chi connectivity index (χ1) is 10.9. The topological polar surface area (TPSA) is 75.4 Å². The predicted molar refractivity (Wildman–Crippen MR) is 74.8 cm³/mol. The highest BCUT2D eigenvalue weighted by Crippen LogP contribution is 2.22. The van der Waals surface area contributed by atoms with Gasteiger partial charge < -0.3 is 10.2 Å². The van der Waals surface area contributed by atoms with Crippen molar-refractivity contribution in [3.63, 3.8) is 0 Å². The second-order valence-corrected chi connectivity index (χ2v) is 5.42. The standard InChI is InChI=1S/C13H15F3N6O/c14-13(15,16)7-17-12(23)9-3-5-21(6-4-9)11-2-1-10-19-18-8-22(10)20-11/h1-2,8-9H,3-7H2,(H,17,23). The van der Waals surface area contributed by atoms with Gasteiger partial charge in [-0.25, -0.2) is 0 Å². The van der Waals surface area contributed by atoms with Crippen molar-refractivity contribution in [1.82, 2.24) is 25.1 Å². The van der Waals surface area contributed by atoms with Crippen molar-refractivity contribution in [2.75, 3.05) is 24.5 Å². The van der Waals surface area contributed by atoms with Crippen molar-refractivity contribution >= 4 is 17.4 Å². The quantitative estimate of drug-likeness (QED) is 0.910. The zero-order valence-corrected chi connectivity index (χ0v) is 12.1. The van der Waals surface area contributed by atoms with E-state index in [2.05, 4.69) is 15.3 Å². The zero-order chi connectivity index (χ0) is 16.4. The Balaban J connectivity index is 1.56. The Morgan fingerprint density at radius 3 is 2.74 bits per heavy atom. The summed E-state index contributed by atoms with van der Waals surface area (Å²) in [6.07, 6.45) is -1.90. The molecule has 2 aromatic rings. The first-order valence-electron chi connectivity index (χ1n) is 7.19. The average Bonchev–Trinajstić information content (AvgIpc) is 2.99. The van der Waals surface area contributed by atoms with Crippen LogP contribution in [0.25, 0.3) is 5.65 Å². The van der Waals surface area contributed by atoms with Crippen LogP contribution in [-0.4, -0.2) is 51.5 Å². The summed E-state index contributed by atoms with van der Waals surface area (Å²) < 4.78 is 37.9. The smallest absolute Gasteiger partial charge is 0.355 e. The van der Waals surface area contributed by atoms with Gasteiger partial charge in [-0.1, -0.05) is 0 Å². The minimum Gasteiger partial charge on any atom is -0.355 e. The fourth-order valence-electron chi connectivity index (χ4n) is 2.59. The largest absolute Gasteiger partial charge is 0.405 e.